The molecule has 0 amide bonds. The Bertz CT molecular complexity index is 2960. The number of nitrogens with zero attached hydrogens (tertiary/aromatic N) is 9. The predicted octanol–water partition coefficient (Wildman–Crippen LogP) is 8.67. The van der Waals surface area contributed by atoms with Crippen LogP contribution in [0.1, 0.15) is 16.7 Å². The molecule has 2 saturated heterocycles. The molecule has 0 radical (unpaired) electrons. The van der Waals surface area contributed by atoms with Gasteiger partial charge in [0.2, 0.25) is 23.5 Å². The monoisotopic (exact) mass is 963 g/mol. The van der Waals surface area contributed by atoms with Crippen LogP contribution in [0.2, 0.25) is 25.7 Å². The van der Waals surface area contributed by atoms with Crippen LogP contribution in [-0.4, -0.2) is 131 Å². The van der Waals surface area contributed by atoms with Crippen molar-refractivity contribution in [2.45, 2.75) is 39.0 Å². The molecule has 70 heavy (non-hydrogen) atoms. The average Bonchev–Trinajstić information content (AvgIpc) is 4.01. The molecule has 3 aliphatic heterocycles. The maximum Gasteiger partial charge on any atom is 0.224 e. The number of aromatic nitrogens is 6. The molecular weight excluding hydrogens is 903 g/mol. The van der Waals surface area contributed by atoms with E-state index < -0.39 is 8.07 Å². The number of rotatable bonds is 15. The Balaban J connectivity index is 0.000000178. The van der Waals surface area contributed by atoms with Crippen molar-refractivity contribution in [3.63, 3.8) is 0 Å². The Kier molecular flexibility index (Phi) is 15.0. The van der Waals surface area contributed by atoms with Crippen LogP contribution in [0.3, 0.4) is 0 Å². The molecule has 8 heterocycles. The van der Waals surface area contributed by atoms with Crippen LogP contribution in [0.15, 0.2) is 102 Å². The largest absolute Gasteiger partial charge is 0.481 e. The Hall–Kier alpha value is -6.92. The number of ether oxygens (including phenoxy) is 7. The Morgan fingerprint density at radius 2 is 1.16 bits per heavy atom. The highest BCUT2D eigenvalue weighted by Gasteiger charge is 2.23. The summed E-state index contributed by atoms with van der Waals surface area (Å²) in [6.45, 7) is 15.1. The summed E-state index contributed by atoms with van der Waals surface area (Å²) in [7, 11) is 5.25. The number of benzene rings is 2. The normalized spacial score (nSPS) is 14.7. The minimum absolute atomic E-state index is 0.398. The van der Waals surface area contributed by atoms with E-state index in [-0.39, 0.29) is 0 Å². The van der Waals surface area contributed by atoms with Gasteiger partial charge in [0.1, 0.15) is 24.1 Å². The number of anilines is 2. The van der Waals surface area contributed by atoms with Crippen LogP contribution in [-0.2, 0) is 27.5 Å². The van der Waals surface area contributed by atoms with Gasteiger partial charge >= 0.3 is 0 Å². The van der Waals surface area contributed by atoms with Crippen LogP contribution in [0.25, 0.3) is 44.4 Å². The highest BCUT2D eigenvalue weighted by atomic mass is 28.3. The SMILES string of the molecule is COc1ccc(-c2ccc3c(c2)C(c2ccnc(N4CCOCC4)c2)=NC3)c(OC)n1.COc1ccc(-c2ccc3c(c2)c(-c2ccnc(N4CCOCC4)c2)nn3COCC[Si](C)(C)C)c(OC)n1. The molecule has 7 aromatic rings. The van der Waals surface area contributed by atoms with Gasteiger partial charge in [-0.15, -0.1) is 0 Å². The quantitative estimate of drug-likeness (QED) is 0.0712. The van der Waals surface area contributed by atoms with Crippen LogP contribution in [0, 0.1) is 0 Å². The second-order valence-corrected chi connectivity index (χ2v) is 23.9. The van der Waals surface area contributed by atoms with Gasteiger partial charge in [0.05, 0.1) is 72.6 Å². The fourth-order valence-electron chi connectivity index (χ4n) is 8.67. The second-order valence-electron chi connectivity index (χ2n) is 18.3. The zero-order valence-electron chi connectivity index (χ0n) is 41.1. The molecule has 0 spiro atoms. The van der Waals surface area contributed by atoms with Gasteiger partial charge in [-0.1, -0.05) is 37.8 Å². The lowest BCUT2D eigenvalue weighted by Gasteiger charge is -2.28. The Morgan fingerprint density at radius 1 is 0.586 bits per heavy atom. The molecule has 17 heteroatoms. The van der Waals surface area contributed by atoms with Crippen molar-refractivity contribution >= 4 is 36.3 Å². The summed E-state index contributed by atoms with van der Waals surface area (Å²) in [5.74, 6) is 3.98. The molecule has 0 saturated carbocycles. The van der Waals surface area contributed by atoms with Gasteiger partial charge < -0.3 is 43.0 Å². The zero-order chi connectivity index (χ0) is 48.6. The second kappa shape index (κ2) is 21.8. The minimum Gasteiger partial charge on any atom is -0.481 e. The first kappa shape index (κ1) is 48.1. The molecule has 2 aromatic carbocycles. The summed E-state index contributed by atoms with van der Waals surface area (Å²) in [6, 6.07) is 29.7. The van der Waals surface area contributed by atoms with Crippen LogP contribution >= 0.6 is 0 Å². The maximum absolute atomic E-state index is 6.11. The van der Waals surface area contributed by atoms with Gasteiger partial charge in [-0.05, 0) is 77.3 Å². The first-order valence-electron chi connectivity index (χ1n) is 23.7. The number of hydrogen-bond donors (Lipinski definition) is 0. The lowest BCUT2D eigenvalue weighted by molar-refractivity contribution is 0.0818. The van der Waals surface area contributed by atoms with E-state index in [1.165, 1.54) is 5.56 Å². The van der Waals surface area contributed by atoms with E-state index in [2.05, 4.69) is 97.9 Å². The standard InChI is InChI=1S/C29H37N5O4Si.C24H24N4O3/c1-35-27-9-7-23(29(31-27)36-2)21-6-8-25-24(18-21)28(32-34(25)20-38-16-17-39(3,4)5)22-10-11-30-26(19-22)33-12-14-37-15-13-33;1-29-22-6-5-19(24(27-22)30-2)16-3-4-18-15-26-23(20(18)13-16)17-7-8-25-21(14-17)28-9-11-31-12-10-28/h6-11,18-19H,12-17,20H2,1-5H3;3-8,13-14H,9-12,15H2,1-2H3. The van der Waals surface area contributed by atoms with E-state index in [0.717, 1.165) is 125 Å². The number of methoxy groups -OCH3 is 4. The highest BCUT2D eigenvalue weighted by molar-refractivity contribution is 6.76. The van der Waals surface area contributed by atoms with Crippen LogP contribution < -0.4 is 28.7 Å². The third kappa shape index (κ3) is 10.9. The van der Waals surface area contributed by atoms with E-state index >= 15 is 0 Å². The Labute approximate surface area is 410 Å². The number of morpholine rings is 2. The zero-order valence-corrected chi connectivity index (χ0v) is 42.1. The molecule has 0 N–H and O–H groups in total. The number of pyridine rings is 4. The van der Waals surface area contributed by atoms with Gasteiger partial charge in [0.25, 0.3) is 0 Å². The fraction of sp³-hybridized carbons (Fsp3) is 0.358. The summed E-state index contributed by atoms with van der Waals surface area (Å²) >= 11 is 0. The summed E-state index contributed by atoms with van der Waals surface area (Å²) in [4.78, 5) is 27.5. The molecule has 364 valence electrons. The Morgan fingerprint density at radius 3 is 1.74 bits per heavy atom. The van der Waals surface area contributed by atoms with E-state index in [0.29, 0.717) is 50.0 Å². The van der Waals surface area contributed by atoms with Crippen molar-refractivity contribution in [3.8, 4) is 57.0 Å². The molecule has 2 fully saturated rings. The molecule has 0 aliphatic carbocycles. The van der Waals surface area contributed by atoms with Crippen LogP contribution in [0.4, 0.5) is 11.6 Å². The molecular formula is C53H61N9O7Si. The summed E-state index contributed by atoms with van der Waals surface area (Å²) in [6.07, 6.45) is 3.72. The molecule has 0 atom stereocenters. The summed E-state index contributed by atoms with van der Waals surface area (Å²) in [5.41, 5.74) is 11.1. The average molecular weight is 964 g/mol. The van der Waals surface area contributed by atoms with E-state index in [4.69, 9.17) is 43.2 Å². The van der Waals surface area contributed by atoms with Gasteiger partial charge in [0.15, 0.2) is 0 Å². The molecule has 16 nitrogen and oxygen atoms in total. The fourth-order valence-corrected chi connectivity index (χ4v) is 9.43. The third-order valence-electron chi connectivity index (χ3n) is 12.5. The minimum atomic E-state index is -1.18. The third-order valence-corrected chi connectivity index (χ3v) is 14.2. The number of aliphatic imine (C=N–C) groups is 1. The number of hydrogen-bond acceptors (Lipinski definition) is 15. The van der Waals surface area contributed by atoms with Crippen molar-refractivity contribution in [1.29, 1.82) is 0 Å². The van der Waals surface area contributed by atoms with Crippen molar-refractivity contribution in [2.75, 3.05) is 97.5 Å². The molecule has 10 rings (SSSR count). The van der Waals surface area contributed by atoms with Crippen molar-refractivity contribution in [3.05, 3.63) is 114 Å². The topological polar surface area (TPSA) is 153 Å². The van der Waals surface area contributed by atoms with Crippen molar-refractivity contribution in [2.24, 2.45) is 4.99 Å². The van der Waals surface area contributed by atoms with E-state index in [9.17, 15) is 0 Å². The molecule has 5 aromatic heterocycles. The van der Waals surface area contributed by atoms with Gasteiger partial charge in [-0.3, -0.25) is 4.99 Å². The van der Waals surface area contributed by atoms with Gasteiger partial charge in [-0.2, -0.15) is 15.1 Å². The smallest absolute Gasteiger partial charge is 0.224 e. The van der Waals surface area contributed by atoms with Gasteiger partial charge in [0, 0.05) is 98.6 Å². The lowest BCUT2D eigenvalue weighted by atomic mass is 9.96. The van der Waals surface area contributed by atoms with E-state index in [1.54, 1.807) is 28.4 Å². The predicted molar refractivity (Wildman–Crippen MR) is 276 cm³/mol. The lowest BCUT2D eigenvalue weighted by Crippen LogP contribution is -2.36. The molecule has 0 bridgehead atoms. The van der Waals surface area contributed by atoms with Gasteiger partial charge in [-0.25, -0.2) is 14.6 Å². The maximum atomic E-state index is 6.11. The molecule has 3 aliphatic rings. The van der Waals surface area contributed by atoms with Crippen molar-refractivity contribution < 1.29 is 33.2 Å². The molecule has 0 unspecified atom stereocenters. The summed E-state index contributed by atoms with van der Waals surface area (Å²) in [5, 5.41) is 6.08. The first-order chi connectivity index (χ1) is 34.1. The van der Waals surface area contributed by atoms with Crippen molar-refractivity contribution in [1.82, 2.24) is 29.7 Å². The summed E-state index contributed by atoms with van der Waals surface area (Å²) < 4.78 is 40.7. The highest BCUT2D eigenvalue weighted by Crippen LogP contribution is 2.37. The number of fused-ring (bicyclic) bond motifs is 2. The van der Waals surface area contributed by atoms with E-state index in [1.807, 2.05) is 53.5 Å². The van der Waals surface area contributed by atoms with Crippen LogP contribution in [0.5, 0.6) is 23.5 Å². The first-order valence-corrected chi connectivity index (χ1v) is 27.4.